The van der Waals surface area contributed by atoms with Crippen molar-refractivity contribution in [1.82, 2.24) is 0 Å². The number of sulfonamides is 1. The van der Waals surface area contributed by atoms with Gasteiger partial charge in [-0.1, -0.05) is 74.9 Å². The third-order valence-electron chi connectivity index (χ3n) is 5.51. The van der Waals surface area contributed by atoms with Gasteiger partial charge in [-0.15, -0.1) is 0 Å². The predicted octanol–water partition coefficient (Wildman–Crippen LogP) is 5.63. The van der Waals surface area contributed by atoms with Crippen molar-refractivity contribution in [2.45, 2.75) is 44.6 Å². The van der Waals surface area contributed by atoms with Crippen LogP contribution < -0.4 is 9.21 Å². The molecule has 1 heterocycles. The van der Waals surface area contributed by atoms with Crippen molar-refractivity contribution < 1.29 is 13.2 Å². The number of fused-ring (bicyclic) bond motifs is 1. The Bertz CT molecular complexity index is 1230. The number of carbonyl (C=O) groups is 1. The molecule has 0 aliphatic carbocycles. The van der Waals surface area contributed by atoms with E-state index in [1.54, 1.807) is 48.5 Å². The maximum Gasteiger partial charge on any atom is 0.343 e. The third kappa shape index (κ3) is 3.83. The number of urea groups is 1. The van der Waals surface area contributed by atoms with Gasteiger partial charge in [-0.05, 0) is 47.7 Å². The van der Waals surface area contributed by atoms with E-state index in [-0.39, 0.29) is 16.9 Å². The van der Waals surface area contributed by atoms with E-state index in [4.69, 9.17) is 0 Å². The summed E-state index contributed by atoms with van der Waals surface area (Å²) >= 11 is 0. The number of benzene rings is 3. The van der Waals surface area contributed by atoms with Gasteiger partial charge in [-0.2, -0.15) is 4.31 Å². The summed E-state index contributed by atoms with van der Waals surface area (Å²) in [6.07, 6.45) is 0. The zero-order chi connectivity index (χ0) is 22.4. The summed E-state index contributed by atoms with van der Waals surface area (Å²) in [5.74, 6) is 0. The molecule has 3 aromatic carbocycles. The number of hydrogen-bond donors (Lipinski definition) is 0. The van der Waals surface area contributed by atoms with E-state index in [9.17, 15) is 13.2 Å². The van der Waals surface area contributed by atoms with Crippen molar-refractivity contribution in [3.8, 4) is 0 Å². The predicted molar refractivity (Wildman–Crippen MR) is 124 cm³/mol. The van der Waals surface area contributed by atoms with E-state index < -0.39 is 16.1 Å². The van der Waals surface area contributed by atoms with Crippen LogP contribution in [0, 0.1) is 6.92 Å². The molecule has 0 saturated heterocycles. The molecule has 0 unspecified atom stereocenters. The zero-order valence-corrected chi connectivity index (χ0v) is 19.0. The molecule has 0 N–H and O–H groups in total. The number of carbonyl (C=O) groups excluding carboxylic acids is 1. The summed E-state index contributed by atoms with van der Waals surface area (Å²) in [4.78, 5) is 15.1. The number of anilines is 2. The highest BCUT2D eigenvalue weighted by molar-refractivity contribution is 7.94. The molecule has 1 aliphatic heterocycles. The van der Waals surface area contributed by atoms with Crippen LogP contribution in [0.1, 0.15) is 37.5 Å². The highest BCUT2D eigenvalue weighted by Crippen LogP contribution is 2.38. The number of aryl methyl sites for hydroxylation is 1. The first kappa shape index (κ1) is 21.1. The van der Waals surface area contributed by atoms with Crippen molar-refractivity contribution in [3.05, 3.63) is 89.5 Å². The van der Waals surface area contributed by atoms with Crippen LogP contribution in [0.2, 0.25) is 0 Å². The second-order valence-electron chi connectivity index (χ2n) is 8.89. The number of amides is 2. The van der Waals surface area contributed by atoms with Crippen molar-refractivity contribution in [3.63, 3.8) is 0 Å². The monoisotopic (exact) mass is 434 g/mol. The Morgan fingerprint density at radius 3 is 2.06 bits per heavy atom. The second-order valence-corrected chi connectivity index (χ2v) is 10.6. The van der Waals surface area contributed by atoms with E-state index in [1.807, 2.05) is 19.1 Å². The lowest BCUT2D eigenvalue weighted by Crippen LogP contribution is -2.50. The van der Waals surface area contributed by atoms with Crippen LogP contribution in [0.3, 0.4) is 0 Å². The number of para-hydroxylation sites is 1. The summed E-state index contributed by atoms with van der Waals surface area (Å²) in [5.41, 5.74) is 3.88. The number of hydrogen-bond acceptors (Lipinski definition) is 3. The zero-order valence-electron chi connectivity index (χ0n) is 18.2. The van der Waals surface area contributed by atoms with Gasteiger partial charge in [0.25, 0.3) is 10.0 Å². The molecule has 6 heteroatoms. The smallest absolute Gasteiger partial charge is 0.287 e. The lowest BCUT2D eigenvalue weighted by Gasteiger charge is -2.36. The first-order chi connectivity index (χ1) is 14.6. The highest BCUT2D eigenvalue weighted by Gasteiger charge is 2.42. The van der Waals surface area contributed by atoms with Crippen LogP contribution in [0.4, 0.5) is 16.2 Å². The lowest BCUT2D eigenvalue weighted by atomic mass is 9.87. The van der Waals surface area contributed by atoms with Gasteiger partial charge in [0.2, 0.25) is 0 Å². The molecule has 0 atom stereocenters. The molecule has 31 heavy (non-hydrogen) atoms. The maximum atomic E-state index is 13.5. The fraction of sp³-hybridized carbons (Fsp3) is 0.240. The minimum atomic E-state index is -4.01. The summed E-state index contributed by atoms with van der Waals surface area (Å²) in [5, 5.41) is 0. The van der Waals surface area contributed by atoms with E-state index in [1.165, 1.54) is 10.5 Å². The average Bonchev–Trinajstić information content (AvgIpc) is 2.72. The number of rotatable bonds is 3. The molecule has 0 bridgehead atoms. The van der Waals surface area contributed by atoms with Gasteiger partial charge in [-0.3, -0.25) is 4.90 Å². The molecular weight excluding hydrogens is 408 g/mol. The first-order valence-corrected chi connectivity index (χ1v) is 11.6. The fourth-order valence-electron chi connectivity index (χ4n) is 3.69. The van der Waals surface area contributed by atoms with Crippen molar-refractivity contribution in [1.29, 1.82) is 0 Å². The maximum absolute atomic E-state index is 13.5. The molecule has 0 saturated carbocycles. The van der Waals surface area contributed by atoms with Crippen LogP contribution >= 0.6 is 0 Å². The van der Waals surface area contributed by atoms with Gasteiger partial charge in [-0.25, -0.2) is 13.2 Å². The minimum absolute atomic E-state index is 0.0302. The molecule has 3 aromatic rings. The van der Waals surface area contributed by atoms with Crippen LogP contribution in [0.5, 0.6) is 0 Å². The van der Waals surface area contributed by atoms with Gasteiger partial charge in [0.05, 0.1) is 17.9 Å². The van der Waals surface area contributed by atoms with E-state index >= 15 is 0 Å². The SMILES string of the molecule is Cc1ccc(N2C(=O)N(Cc3ccc(C(C)(C)C)cc3)c3ccccc3S2(=O)=O)cc1. The highest BCUT2D eigenvalue weighted by atomic mass is 32.2. The van der Waals surface area contributed by atoms with Gasteiger partial charge < -0.3 is 0 Å². The molecule has 1 aliphatic rings. The van der Waals surface area contributed by atoms with Crippen molar-refractivity contribution in [2.24, 2.45) is 0 Å². The summed E-state index contributed by atoms with van der Waals surface area (Å²) in [6.45, 7) is 8.64. The largest absolute Gasteiger partial charge is 0.343 e. The van der Waals surface area contributed by atoms with Gasteiger partial charge in [0.15, 0.2) is 0 Å². The fourth-order valence-corrected chi connectivity index (χ4v) is 5.28. The summed E-state index contributed by atoms with van der Waals surface area (Å²) < 4.78 is 27.6. The Labute approximate surface area is 184 Å². The molecule has 0 radical (unpaired) electrons. The average molecular weight is 435 g/mol. The minimum Gasteiger partial charge on any atom is -0.287 e. The Hall–Kier alpha value is -3.12. The Morgan fingerprint density at radius 1 is 0.839 bits per heavy atom. The third-order valence-corrected chi connectivity index (χ3v) is 7.26. The molecule has 4 rings (SSSR count). The first-order valence-electron chi connectivity index (χ1n) is 10.2. The van der Waals surface area contributed by atoms with Crippen molar-refractivity contribution in [2.75, 3.05) is 9.21 Å². The quantitative estimate of drug-likeness (QED) is 0.537. The number of nitrogens with zero attached hydrogens (tertiary/aromatic N) is 2. The normalized spacial score (nSPS) is 15.7. The van der Waals surface area contributed by atoms with Crippen LogP contribution in [0.15, 0.2) is 77.7 Å². The van der Waals surface area contributed by atoms with E-state index in [2.05, 4.69) is 32.9 Å². The van der Waals surface area contributed by atoms with Crippen LogP contribution in [-0.4, -0.2) is 14.4 Å². The van der Waals surface area contributed by atoms with Crippen LogP contribution in [0.25, 0.3) is 0 Å². The molecule has 2 amide bonds. The molecule has 0 aromatic heterocycles. The summed E-state index contributed by atoms with van der Waals surface area (Å²) in [7, 11) is -4.01. The van der Waals surface area contributed by atoms with Crippen LogP contribution in [-0.2, 0) is 22.0 Å². The van der Waals surface area contributed by atoms with Crippen molar-refractivity contribution >= 4 is 27.4 Å². The lowest BCUT2D eigenvalue weighted by molar-refractivity contribution is 0.253. The molecule has 5 nitrogen and oxygen atoms in total. The Balaban J connectivity index is 1.78. The molecule has 0 spiro atoms. The van der Waals surface area contributed by atoms with Gasteiger partial charge in [0, 0.05) is 0 Å². The standard InChI is InChI=1S/C25H26N2O3S/c1-18-9-15-21(16-10-18)27-24(28)26(22-7-5-6-8-23(22)31(27,29)30)17-19-11-13-20(14-12-19)25(2,3)4/h5-16H,17H2,1-4H3. The van der Waals surface area contributed by atoms with E-state index in [0.29, 0.717) is 11.4 Å². The second kappa shape index (κ2) is 7.54. The Morgan fingerprint density at radius 2 is 1.45 bits per heavy atom. The summed E-state index contributed by atoms with van der Waals surface area (Å²) in [6, 6.07) is 21.1. The molecular formula is C25H26N2O3S. The Kier molecular flexibility index (Phi) is 5.13. The van der Waals surface area contributed by atoms with E-state index in [0.717, 1.165) is 15.4 Å². The molecule has 0 fully saturated rings. The molecule has 160 valence electrons. The van der Waals surface area contributed by atoms with Gasteiger partial charge in [0.1, 0.15) is 4.90 Å². The van der Waals surface area contributed by atoms with Gasteiger partial charge >= 0.3 is 6.03 Å². The topological polar surface area (TPSA) is 57.7 Å².